The number of benzene rings is 2. The van der Waals surface area contributed by atoms with Gasteiger partial charge in [0.2, 0.25) is 10.0 Å². The number of pyridine rings is 1. The highest BCUT2D eigenvalue weighted by Gasteiger charge is 2.12. The Kier molecular flexibility index (Phi) is 6.10. The summed E-state index contributed by atoms with van der Waals surface area (Å²) in [6.07, 6.45) is 4.55. The van der Waals surface area contributed by atoms with Gasteiger partial charge in [-0.05, 0) is 48.6 Å². The number of carbonyl (C=O) groups is 2. The highest BCUT2D eigenvalue weighted by molar-refractivity contribution is 7.89. The summed E-state index contributed by atoms with van der Waals surface area (Å²) in [6.45, 7) is 0. The molecule has 0 aliphatic rings. The molecule has 2 aromatic heterocycles. The molecule has 0 amide bonds. The second-order valence-electron chi connectivity index (χ2n) is 7.73. The van der Waals surface area contributed by atoms with Gasteiger partial charge in [-0.15, -0.1) is 5.10 Å². The number of rotatable bonds is 6. The van der Waals surface area contributed by atoms with Crippen LogP contribution in [0.4, 0.5) is 5.82 Å². The molecule has 0 aliphatic heterocycles. The molecular weight excluding hydrogens is 454 g/mol. The molecule has 172 valence electrons. The number of hydrogen-bond donors (Lipinski definition) is 1. The zero-order chi connectivity index (χ0) is 24.5. The molecule has 0 unspecified atom stereocenters. The fourth-order valence-corrected chi connectivity index (χ4v) is 3.77. The third-order valence-corrected chi connectivity index (χ3v) is 5.98. The molecule has 2 heterocycles. The van der Waals surface area contributed by atoms with Crippen molar-refractivity contribution in [2.24, 2.45) is 5.14 Å². The number of aromatic nitrogens is 3. The predicted octanol–water partition coefficient (Wildman–Crippen LogP) is 2.73. The van der Waals surface area contributed by atoms with E-state index in [1.54, 1.807) is 65.7 Å². The first-order valence-electron chi connectivity index (χ1n) is 10.2. The van der Waals surface area contributed by atoms with Gasteiger partial charge in [0.15, 0.2) is 11.6 Å². The summed E-state index contributed by atoms with van der Waals surface area (Å²) in [5.41, 5.74) is 1.93. The fraction of sp³-hybridized carbons (Fsp3) is 0.0833. The Bertz CT molecular complexity index is 1540. The summed E-state index contributed by atoms with van der Waals surface area (Å²) in [6, 6.07) is 15.8. The van der Waals surface area contributed by atoms with E-state index in [2.05, 4.69) is 10.1 Å². The lowest BCUT2D eigenvalue weighted by Crippen LogP contribution is -2.15. The number of primary sulfonamides is 1. The van der Waals surface area contributed by atoms with Gasteiger partial charge in [-0.25, -0.2) is 23.2 Å². The van der Waals surface area contributed by atoms with Gasteiger partial charge in [0, 0.05) is 42.9 Å². The number of hydrogen-bond acceptors (Lipinski definition) is 7. The van der Waals surface area contributed by atoms with Gasteiger partial charge in [0.05, 0.1) is 16.1 Å². The number of allylic oxidation sites excluding steroid dienone is 1. The number of nitrogens with two attached hydrogens (primary N) is 1. The van der Waals surface area contributed by atoms with Crippen molar-refractivity contribution in [3.63, 3.8) is 0 Å². The van der Waals surface area contributed by atoms with Crippen LogP contribution in [0, 0.1) is 0 Å². The Hall–Kier alpha value is -4.15. The van der Waals surface area contributed by atoms with Crippen LogP contribution in [0.25, 0.3) is 17.0 Å². The van der Waals surface area contributed by atoms with Crippen LogP contribution in [-0.4, -0.2) is 49.0 Å². The number of sulfonamides is 1. The molecule has 0 saturated heterocycles. The van der Waals surface area contributed by atoms with Crippen molar-refractivity contribution in [3.05, 3.63) is 89.8 Å². The SMILES string of the molecule is CN(C)c1ccn(C(=O)c2ccc(C(=O)/C=C\c3ccc4cc(S(N)(=O)=O)ccc4n3)cc2)n1. The number of carbonyl (C=O) groups excluding carboxylic acids is 2. The topological polar surface area (TPSA) is 128 Å². The summed E-state index contributed by atoms with van der Waals surface area (Å²) < 4.78 is 24.2. The Morgan fingerprint density at radius 3 is 2.32 bits per heavy atom. The van der Waals surface area contributed by atoms with E-state index in [4.69, 9.17) is 5.14 Å². The van der Waals surface area contributed by atoms with E-state index in [9.17, 15) is 18.0 Å². The van der Waals surface area contributed by atoms with Crippen LogP contribution >= 0.6 is 0 Å². The van der Waals surface area contributed by atoms with Crippen molar-refractivity contribution in [1.82, 2.24) is 14.8 Å². The molecule has 0 radical (unpaired) electrons. The molecule has 4 rings (SSSR count). The lowest BCUT2D eigenvalue weighted by atomic mass is 10.1. The molecule has 4 aromatic rings. The van der Waals surface area contributed by atoms with Crippen LogP contribution in [0.2, 0.25) is 0 Å². The van der Waals surface area contributed by atoms with Crippen molar-refractivity contribution in [1.29, 1.82) is 0 Å². The van der Waals surface area contributed by atoms with E-state index in [0.717, 1.165) is 0 Å². The van der Waals surface area contributed by atoms with E-state index >= 15 is 0 Å². The highest BCUT2D eigenvalue weighted by atomic mass is 32.2. The second kappa shape index (κ2) is 9.00. The van der Waals surface area contributed by atoms with Crippen LogP contribution in [0.1, 0.15) is 26.4 Å². The van der Waals surface area contributed by atoms with Gasteiger partial charge < -0.3 is 4.90 Å². The molecule has 2 N–H and O–H groups in total. The minimum absolute atomic E-state index is 0.00731. The minimum Gasteiger partial charge on any atom is -0.361 e. The van der Waals surface area contributed by atoms with Crippen molar-refractivity contribution >= 4 is 44.5 Å². The van der Waals surface area contributed by atoms with Crippen molar-refractivity contribution in [2.45, 2.75) is 4.90 Å². The molecular formula is C24H21N5O4S. The molecule has 0 bridgehead atoms. The summed E-state index contributed by atoms with van der Waals surface area (Å²) >= 11 is 0. The quantitative estimate of drug-likeness (QED) is 0.335. The van der Waals surface area contributed by atoms with E-state index < -0.39 is 10.0 Å². The largest absolute Gasteiger partial charge is 0.361 e. The molecule has 10 heteroatoms. The standard InChI is InChI=1S/C24H21N5O4S/c1-28(2)23-13-14-29(27-23)24(31)17-5-3-16(4-6-17)22(30)12-9-19-8-7-18-15-20(34(25,32)33)10-11-21(18)26-19/h3-15H,1-2H3,(H2,25,32,33)/b12-9-. The van der Waals surface area contributed by atoms with Gasteiger partial charge in [-0.1, -0.05) is 18.2 Å². The maximum atomic E-state index is 12.6. The van der Waals surface area contributed by atoms with Crippen LogP contribution in [0.3, 0.4) is 0 Å². The first-order chi connectivity index (χ1) is 16.1. The third-order valence-electron chi connectivity index (χ3n) is 5.07. The highest BCUT2D eigenvalue weighted by Crippen LogP contribution is 2.18. The van der Waals surface area contributed by atoms with E-state index in [1.165, 1.54) is 22.9 Å². The molecule has 0 spiro atoms. The van der Waals surface area contributed by atoms with E-state index in [1.807, 2.05) is 14.1 Å². The Morgan fingerprint density at radius 1 is 0.971 bits per heavy atom. The summed E-state index contributed by atoms with van der Waals surface area (Å²) in [7, 11) is -0.125. The maximum absolute atomic E-state index is 12.6. The minimum atomic E-state index is -3.80. The second-order valence-corrected chi connectivity index (χ2v) is 9.29. The molecule has 0 fully saturated rings. The van der Waals surface area contributed by atoms with Crippen LogP contribution < -0.4 is 10.0 Å². The van der Waals surface area contributed by atoms with Crippen LogP contribution in [0.5, 0.6) is 0 Å². The summed E-state index contributed by atoms with van der Waals surface area (Å²) in [5, 5.41) is 9.99. The fourth-order valence-electron chi connectivity index (χ4n) is 3.22. The summed E-state index contributed by atoms with van der Waals surface area (Å²) in [4.78, 5) is 31.4. The van der Waals surface area contributed by atoms with E-state index in [0.29, 0.717) is 33.5 Å². The Morgan fingerprint density at radius 2 is 1.68 bits per heavy atom. The number of anilines is 1. The molecule has 0 atom stereocenters. The van der Waals surface area contributed by atoms with Gasteiger partial charge in [-0.3, -0.25) is 9.59 Å². The normalized spacial score (nSPS) is 11.7. The number of fused-ring (bicyclic) bond motifs is 1. The molecule has 34 heavy (non-hydrogen) atoms. The van der Waals surface area contributed by atoms with Gasteiger partial charge in [0.25, 0.3) is 5.91 Å². The lowest BCUT2D eigenvalue weighted by molar-refractivity contribution is 0.0944. The summed E-state index contributed by atoms with van der Waals surface area (Å²) in [5.74, 6) is 0.116. The van der Waals surface area contributed by atoms with Gasteiger partial charge >= 0.3 is 0 Å². The Labute approximate surface area is 196 Å². The average Bonchev–Trinajstić information content (AvgIpc) is 3.32. The zero-order valence-electron chi connectivity index (χ0n) is 18.4. The van der Waals surface area contributed by atoms with Crippen molar-refractivity contribution in [3.8, 4) is 0 Å². The van der Waals surface area contributed by atoms with Gasteiger partial charge in [0.1, 0.15) is 0 Å². The van der Waals surface area contributed by atoms with Crippen molar-refractivity contribution < 1.29 is 18.0 Å². The maximum Gasteiger partial charge on any atom is 0.278 e. The van der Waals surface area contributed by atoms with E-state index in [-0.39, 0.29) is 16.6 Å². The predicted molar refractivity (Wildman–Crippen MR) is 129 cm³/mol. The smallest absolute Gasteiger partial charge is 0.278 e. The number of nitrogens with zero attached hydrogens (tertiary/aromatic N) is 4. The van der Waals surface area contributed by atoms with Crippen LogP contribution in [-0.2, 0) is 10.0 Å². The van der Waals surface area contributed by atoms with Crippen molar-refractivity contribution in [2.75, 3.05) is 19.0 Å². The molecule has 9 nitrogen and oxygen atoms in total. The number of ketones is 1. The monoisotopic (exact) mass is 475 g/mol. The first-order valence-corrected chi connectivity index (χ1v) is 11.7. The third kappa shape index (κ3) is 4.92. The lowest BCUT2D eigenvalue weighted by Gasteiger charge is -2.06. The Balaban J connectivity index is 1.48. The average molecular weight is 476 g/mol. The zero-order valence-corrected chi connectivity index (χ0v) is 19.2. The van der Waals surface area contributed by atoms with Crippen LogP contribution in [0.15, 0.2) is 77.8 Å². The molecule has 0 aliphatic carbocycles. The molecule has 2 aromatic carbocycles. The first kappa shape index (κ1) is 23.0. The molecule has 0 saturated carbocycles. The van der Waals surface area contributed by atoms with Gasteiger partial charge in [-0.2, -0.15) is 0 Å².